The third kappa shape index (κ3) is 3.59. The second-order valence-electron chi connectivity index (χ2n) is 4.23. The second-order valence-corrected chi connectivity index (χ2v) is 4.67. The van der Waals surface area contributed by atoms with Crippen LogP contribution in [-0.4, -0.2) is 14.2 Å². The Balaban J connectivity index is 2.17. The van der Waals surface area contributed by atoms with Crippen molar-refractivity contribution >= 4 is 11.6 Å². The molecule has 0 saturated carbocycles. The highest BCUT2D eigenvalue weighted by Gasteiger charge is 2.07. The van der Waals surface area contributed by atoms with Crippen LogP contribution in [0.4, 0.5) is 0 Å². The van der Waals surface area contributed by atoms with Crippen molar-refractivity contribution in [1.82, 2.24) is 0 Å². The maximum Gasteiger partial charge on any atom is 0.161 e. The van der Waals surface area contributed by atoms with E-state index in [1.807, 2.05) is 12.1 Å². The molecule has 5 heteroatoms. The van der Waals surface area contributed by atoms with Gasteiger partial charge in [0.25, 0.3) is 0 Å². The Morgan fingerprint density at radius 1 is 1.00 bits per heavy atom. The number of hydrogen-bond donors (Lipinski definition) is 0. The van der Waals surface area contributed by atoms with E-state index in [-0.39, 0.29) is 0 Å². The Labute approximate surface area is 128 Å². The zero-order valence-corrected chi connectivity index (χ0v) is 12.5. The molecule has 0 aromatic heterocycles. The van der Waals surface area contributed by atoms with Gasteiger partial charge in [-0.05, 0) is 29.8 Å². The lowest BCUT2D eigenvalue weighted by atomic mass is 10.2. The minimum absolute atomic E-state index is 0.301. The molecule has 0 radical (unpaired) electrons. The highest BCUT2D eigenvalue weighted by molar-refractivity contribution is 6.30. The average Bonchev–Trinajstić information content (AvgIpc) is 2.52. The molecule has 0 unspecified atom stereocenters. The first-order valence-electron chi connectivity index (χ1n) is 6.21. The van der Waals surface area contributed by atoms with Crippen molar-refractivity contribution in [3.63, 3.8) is 0 Å². The van der Waals surface area contributed by atoms with Crippen LogP contribution in [0.15, 0.2) is 36.4 Å². The number of benzene rings is 2. The molecular weight excluding hydrogens is 290 g/mol. The second kappa shape index (κ2) is 6.87. The molecule has 0 spiro atoms. The third-order valence-electron chi connectivity index (χ3n) is 2.91. The van der Waals surface area contributed by atoms with E-state index in [1.165, 1.54) is 0 Å². The third-order valence-corrected chi connectivity index (χ3v) is 3.14. The highest BCUT2D eigenvalue weighted by Crippen LogP contribution is 2.29. The van der Waals surface area contributed by atoms with Crippen molar-refractivity contribution in [3.8, 4) is 23.3 Å². The minimum atomic E-state index is 0.301. The number of nitriles is 1. The van der Waals surface area contributed by atoms with Gasteiger partial charge in [0.1, 0.15) is 18.4 Å². The molecule has 21 heavy (non-hydrogen) atoms. The van der Waals surface area contributed by atoms with Crippen molar-refractivity contribution in [2.75, 3.05) is 14.2 Å². The van der Waals surface area contributed by atoms with Crippen LogP contribution in [0, 0.1) is 11.3 Å². The predicted octanol–water partition coefficient (Wildman–Crippen LogP) is 3.81. The summed E-state index contributed by atoms with van der Waals surface area (Å²) < 4.78 is 16.1. The molecule has 108 valence electrons. The van der Waals surface area contributed by atoms with Gasteiger partial charge >= 0.3 is 0 Å². The number of rotatable bonds is 5. The highest BCUT2D eigenvalue weighted by atomic mass is 35.5. The van der Waals surface area contributed by atoms with Crippen LogP contribution in [-0.2, 0) is 6.61 Å². The molecule has 0 fully saturated rings. The molecule has 0 N–H and O–H groups in total. The van der Waals surface area contributed by atoms with E-state index in [1.54, 1.807) is 38.5 Å². The quantitative estimate of drug-likeness (QED) is 0.843. The number of nitrogens with zero attached hydrogens (tertiary/aromatic N) is 1. The van der Waals surface area contributed by atoms with Gasteiger partial charge in [-0.25, -0.2) is 0 Å². The summed E-state index contributed by atoms with van der Waals surface area (Å²) in [6, 6.07) is 12.5. The summed E-state index contributed by atoms with van der Waals surface area (Å²) in [5.41, 5.74) is 1.34. The van der Waals surface area contributed by atoms with Gasteiger partial charge in [-0.1, -0.05) is 17.7 Å². The van der Waals surface area contributed by atoms with E-state index in [0.29, 0.717) is 34.4 Å². The van der Waals surface area contributed by atoms with Crippen LogP contribution in [0.25, 0.3) is 0 Å². The molecule has 0 saturated heterocycles. The first-order chi connectivity index (χ1) is 10.2. The molecule has 0 heterocycles. The van der Waals surface area contributed by atoms with E-state index in [0.717, 1.165) is 5.56 Å². The summed E-state index contributed by atoms with van der Waals surface area (Å²) in [5.74, 6) is 1.74. The lowest BCUT2D eigenvalue weighted by Gasteiger charge is -2.11. The monoisotopic (exact) mass is 303 g/mol. The summed E-state index contributed by atoms with van der Waals surface area (Å²) in [4.78, 5) is 0. The van der Waals surface area contributed by atoms with Gasteiger partial charge in [0.2, 0.25) is 0 Å². The smallest absolute Gasteiger partial charge is 0.161 e. The molecule has 4 nitrogen and oxygen atoms in total. The Hall–Kier alpha value is -2.38. The summed E-state index contributed by atoms with van der Waals surface area (Å²) in [5, 5.41) is 9.57. The van der Waals surface area contributed by atoms with E-state index in [2.05, 4.69) is 6.07 Å². The van der Waals surface area contributed by atoms with Gasteiger partial charge in [-0.2, -0.15) is 5.26 Å². The van der Waals surface area contributed by atoms with Crippen LogP contribution >= 0.6 is 11.6 Å². The summed E-state index contributed by atoms with van der Waals surface area (Å²) in [6.45, 7) is 0.301. The SMILES string of the molecule is COc1ccc(COc2cc(Cl)ccc2C#N)cc1OC. The minimum Gasteiger partial charge on any atom is -0.493 e. The van der Waals surface area contributed by atoms with Crippen LogP contribution in [0.1, 0.15) is 11.1 Å². The zero-order valence-electron chi connectivity index (χ0n) is 11.7. The maximum atomic E-state index is 9.05. The number of ether oxygens (including phenoxy) is 3. The number of halogens is 1. The first kappa shape index (κ1) is 15.0. The Kier molecular flexibility index (Phi) is 4.91. The summed E-state index contributed by atoms with van der Waals surface area (Å²) in [7, 11) is 3.16. The van der Waals surface area contributed by atoms with Crippen LogP contribution < -0.4 is 14.2 Å². The molecule has 2 aromatic rings. The van der Waals surface area contributed by atoms with Crippen molar-refractivity contribution in [2.24, 2.45) is 0 Å². The van der Waals surface area contributed by atoms with Crippen molar-refractivity contribution in [2.45, 2.75) is 6.61 Å². The molecule has 0 amide bonds. The summed E-state index contributed by atoms with van der Waals surface area (Å²) >= 11 is 5.92. The Bertz CT molecular complexity index is 680. The molecule has 0 atom stereocenters. The molecule has 2 rings (SSSR count). The number of methoxy groups -OCH3 is 2. The van der Waals surface area contributed by atoms with Gasteiger partial charge in [-0.3, -0.25) is 0 Å². The van der Waals surface area contributed by atoms with Gasteiger partial charge in [0.05, 0.1) is 19.8 Å². The fourth-order valence-electron chi connectivity index (χ4n) is 1.84. The van der Waals surface area contributed by atoms with Gasteiger partial charge in [0.15, 0.2) is 11.5 Å². The topological polar surface area (TPSA) is 51.5 Å². The van der Waals surface area contributed by atoms with Crippen molar-refractivity contribution in [3.05, 3.63) is 52.5 Å². The van der Waals surface area contributed by atoms with Crippen LogP contribution in [0.3, 0.4) is 0 Å². The van der Waals surface area contributed by atoms with E-state index in [9.17, 15) is 0 Å². The molecule has 0 aliphatic rings. The van der Waals surface area contributed by atoms with E-state index >= 15 is 0 Å². The van der Waals surface area contributed by atoms with Gasteiger partial charge < -0.3 is 14.2 Å². The van der Waals surface area contributed by atoms with Gasteiger partial charge in [-0.15, -0.1) is 0 Å². The maximum absolute atomic E-state index is 9.05. The normalized spacial score (nSPS) is 9.81. The fraction of sp³-hybridized carbons (Fsp3) is 0.188. The van der Waals surface area contributed by atoms with Crippen LogP contribution in [0.2, 0.25) is 5.02 Å². The molecular formula is C16H14ClNO3. The van der Waals surface area contributed by atoms with E-state index < -0.39 is 0 Å². The lowest BCUT2D eigenvalue weighted by Crippen LogP contribution is -1.99. The largest absolute Gasteiger partial charge is 0.493 e. The Morgan fingerprint density at radius 3 is 2.43 bits per heavy atom. The molecule has 0 bridgehead atoms. The number of hydrogen-bond acceptors (Lipinski definition) is 4. The fourth-order valence-corrected chi connectivity index (χ4v) is 2.00. The average molecular weight is 304 g/mol. The summed E-state index contributed by atoms with van der Waals surface area (Å²) in [6.07, 6.45) is 0. The lowest BCUT2D eigenvalue weighted by molar-refractivity contribution is 0.303. The molecule has 0 aliphatic heterocycles. The first-order valence-corrected chi connectivity index (χ1v) is 6.59. The van der Waals surface area contributed by atoms with Crippen molar-refractivity contribution in [1.29, 1.82) is 5.26 Å². The van der Waals surface area contributed by atoms with Gasteiger partial charge in [0, 0.05) is 11.1 Å². The zero-order chi connectivity index (χ0) is 15.2. The molecule has 0 aliphatic carbocycles. The van der Waals surface area contributed by atoms with E-state index in [4.69, 9.17) is 31.1 Å². The van der Waals surface area contributed by atoms with Crippen LogP contribution in [0.5, 0.6) is 17.2 Å². The predicted molar refractivity (Wildman–Crippen MR) is 80.0 cm³/mol. The Morgan fingerprint density at radius 2 is 1.76 bits per heavy atom. The van der Waals surface area contributed by atoms with Crippen molar-refractivity contribution < 1.29 is 14.2 Å². The molecule has 2 aromatic carbocycles. The standard InChI is InChI=1S/C16H14ClNO3/c1-19-14-6-3-11(7-16(14)20-2)10-21-15-8-13(17)5-4-12(15)9-18/h3-8H,10H2,1-2H3.